The highest BCUT2D eigenvalue weighted by Crippen LogP contribution is 2.36. The van der Waals surface area contributed by atoms with Crippen LogP contribution in [0.15, 0.2) is 35.5 Å². The second kappa shape index (κ2) is 4.10. The third-order valence-electron chi connectivity index (χ3n) is 3.53. The quantitative estimate of drug-likeness (QED) is 0.525. The number of hydrogen-bond donors (Lipinski definition) is 2. The van der Waals surface area contributed by atoms with Crippen LogP contribution in [0.3, 0.4) is 0 Å². The topological polar surface area (TPSA) is 110 Å². The normalized spacial score (nSPS) is 23.6. The van der Waals surface area contributed by atoms with Crippen molar-refractivity contribution in [2.45, 2.75) is 5.60 Å². The fourth-order valence-corrected chi connectivity index (χ4v) is 2.50. The lowest BCUT2D eigenvalue weighted by Gasteiger charge is -2.22. The van der Waals surface area contributed by atoms with Crippen molar-refractivity contribution in [1.29, 1.82) is 0 Å². The third kappa shape index (κ3) is 1.46. The van der Waals surface area contributed by atoms with Crippen LogP contribution in [0.2, 0.25) is 0 Å². The minimum Gasteiger partial charge on any atom is -0.466 e. The van der Waals surface area contributed by atoms with Crippen LogP contribution in [0, 0.1) is 0 Å². The summed E-state index contributed by atoms with van der Waals surface area (Å²) < 4.78 is 4.38. The van der Waals surface area contributed by atoms with Crippen LogP contribution < -0.4 is 5.32 Å². The Morgan fingerprint density at radius 1 is 1.14 bits per heavy atom. The second-order valence-corrected chi connectivity index (χ2v) is 4.61. The molecule has 2 aliphatic rings. The largest absolute Gasteiger partial charge is 0.466 e. The summed E-state index contributed by atoms with van der Waals surface area (Å²) >= 11 is 0. The minimum absolute atomic E-state index is 0.0279. The first kappa shape index (κ1) is 13.2. The van der Waals surface area contributed by atoms with Gasteiger partial charge >= 0.3 is 5.97 Å². The van der Waals surface area contributed by atoms with E-state index in [0.717, 1.165) is 7.11 Å². The zero-order chi connectivity index (χ0) is 15.4. The summed E-state index contributed by atoms with van der Waals surface area (Å²) in [7, 11) is 0.967. The molecule has 2 N–H and O–H groups in total. The Bertz CT molecular complexity index is 762. The molecule has 3 rings (SSSR count). The number of aliphatic hydroxyl groups is 1. The van der Waals surface area contributed by atoms with Crippen LogP contribution in [-0.4, -0.2) is 41.3 Å². The van der Waals surface area contributed by atoms with Crippen LogP contribution in [-0.2, 0) is 14.3 Å². The van der Waals surface area contributed by atoms with Crippen molar-refractivity contribution in [3.8, 4) is 0 Å². The highest BCUT2D eigenvalue weighted by Gasteiger charge is 2.60. The first-order chi connectivity index (χ1) is 9.92. The van der Waals surface area contributed by atoms with E-state index >= 15 is 0 Å². The predicted molar refractivity (Wildman–Crippen MR) is 67.2 cm³/mol. The molecule has 0 bridgehead atoms. The molecule has 1 amide bonds. The Kier molecular flexibility index (Phi) is 2.57. The summed E-state index contributed by atoms with van der Waals surface area (Å²) in [5.41, 5.74) is -3.62. The molecule has 1 heterocycles. The molecule has 7 heteroatoms. The monoisotopic (exact) mass is 287 g/mol. The van der Waals surface area contributed by atoms with Gasteiger partial charge in [-0.2, -0.15) is 0 Å². The summed E-state index contributed by atoms with van der Waals surface area (Å²) in [6.45, 7) is 0. The summed E-state index contributed by atoms with van der Waals surface area (Å²) in [6.07, 6.45) is 0. The van der Waals surface area contributed by atoms with E-state index in [1.165, 1.54) is 18.2 Å². The number of carbonyl (C=O) groups is 4. The lowest BCUT2D eigenvalue weighted by Crippen LogP contribution is -2.50. The molecule has 0 aromatic heterocycles. The van der Waals surface area contributed by atoms with E-state index in [1.807, 2.05) is 0 Å². The predicted octanol–water partition coefficient (Wildman–Crippen LogP) is -0.646. The number of fused-ring (bicyclic) bond motifs is 1. The fraction of sp³-hybridized carbons (Fsp3) is 0.143. The molecule has 1 aliphatic heterocycles. The number of benzene rings is 1. The molecule has 7 nitrogen and oxygen atoms in total. The molecule has 106 valence electrons. The number of nitrogens with one attached hydrogen (secondary N) is 1. The molecule has 0 saturated carbocycles. The number of allylic oxidation sites excluding steroid dienone is 1. The summed E-state index contributed by atoms with van der Waals surface area (Å²) in [4.78, 5) is 48.4. The van der Waals surface area contributed by atoms with Crippen LogP contribution in [0.1, 0.15) is 20.7 Å². The Hall–Kier alpha value is -2.80. The maximum atomic E-state index is 12.5. The van der Waals surface area contributed by atoms with Gasteiger partial charge in [-0.15, -0.1) is 0 Å². The van der Waals surface area contributed by atoms with Gasteiger partial charge in [0.1, 0.15) is 5.70 Å². The number of hydrogen-bond acceptors (Lipinski definition) is 6. The molecular weight excluding hydrogens is 278 g/mol. The number of ketones is 2. The van der Waals surface area contributed by atoms with Crippen molar-refractivity contribution in [1.82, 2.24) is 5.32 Å². The number of carbonyl (C=O) groups excluding carboxylic acids is 4. The van der Waals surface area contributed by atoms with Gasteiger partial charge in [0.25, 0.3) is 11.5 Å². The Morgan fingerprint density at radius 3 is 2.29 bits per heavy atom. The van der Waals surface area contributed by atoms with Gasteiger partial charge in [-0.05, 0) is 0 Å². The fourth-order valence-electron chi connectivity index (χ4n) is 2.50. The number of methoxy groups -OCH3 is 1. The molecule has 0 fully saturated rings. The maximum Gasteiger partial charge on any atom is 0.352 e. The summed E-state index contributed by atoms with van der Waals surface area (Å²) in [5.74, 6) is -3.88. The van der Waals surface area contributed by atoms with E-state index < -0.39 is 34.6 Å². The number of ether oxygens (including phenoxy) is 1. The first-order valence-electron chi connectivity index (χ1n) is 5.98. The van der Waals surface area contributed by atoms with Gasteiger partial charge in [0, 0.05) is 11.1 Å². The highest BCUT2D eigenvalue weighted by atomic mass is 16.5. The molecule has 0 unspecified atom stereocenters. The number of rotatable bonds is 1. The second-order valence-electron chi connectivity index (χ2n) is 4.61. The third-order valence-corrected chi connectivity index (χ3v) is 3.53. The van der Waals surface area contributed by atoms with Gasteiger partial charge in [0.2, 0.25) is 5.78 Å². The Balaban J connectivity index is 2.27. The lowest BCUT2D eigenvalue weighted by molar-refractivity contribution is -0.163. The van der Waals surface area contributed by atoms with Crippen LogP contribution in [0.25, 0.3) is 0 Å². The van der Waals surface area contributed by atoms with E-state index in [9.17, 15) is 24.3 Å². The van der Waals surface area contributed by atoms with E-state index in [-0.39, 0.29) is 16.8 Å². The molecule has 1 aromatic rings. The summed E-state index contributed by atoms with van der Waals surface area (Å²) in [6, 6.07) is 5.93. The average molecular weight is 287 g/mol. The van der Waals surface area contributed by atoms with Gasteiger partial charge in [0.15, 0.2) is 5.78 Å². The zero-order valence-corrected chi connectivity index (χ0v) is 10.8. The van der Waals surface area contributed by atoms with Crippen LogP contribution >= 0.6 is 0 Å². The number of esters is 1. The van der Waals surface area contributed by atoms with E-state index in [2.05, 4.69) is 10.1 Å². The van der Waals surface area contributed by atoms with E-state index in [1.54, 1.807) is 6.07 Å². The van der Waals surface area contributed by atoms with Crippen molar-refractivity contribution < 1.29 is 29.0 Å². The van der Waals surface area contributed by atoms with Crippen molar-refractivity contribution in [2.24, 2.45) is 0 Å². The molecule has 0 saturated heterocycles. The van der Waals surface area contributed by atoms with Crippen LogP contribution in [0.4, 0.5) is 0 Å². The standard InChI is InChI=1S/C14H9NO6/c1-21-13(19)14(20)8-9(15-12(14)18)11(17)7-5-3-2-4-6(7)10(8)16/h2-5,20H,1H3,(H,15,18)/t14-/m1/s1. The summed E-state index contributed by atoms with van der Waals surface area (Å²) in [5, 5.41) is 12.4. The van der Waals surface area contributed by atoms with Crippen molar-refractivity contribution in [2.75, 3.05) is 7.11 Å². The van der Waals surface area contributed by atoms with Gasteiger partial charge in [-0.1, -0.05) is 24.3 Å². The van der Waals surface area contributed by atoms with Crippen molar-refractivity contribution in [3.05, 3.63) is 46.7 Å². The lowest BCUT2D eigenvalue weighted by atomic mass is 9.81. The minimum atomic E-state index is -2.80. The molecule has 21 heavy (non-hydrogen) atoms. The zero-order valence-electron chi connectivity index (χ0n) is 10.8. The molecular formula is C14H9NO6. The van der Waals surface area contributed by atoms with E-state index in [4.69, 9.17) is 0 Å². The number of amides is 1. The smallest absolute Gasteiger partial charge is 0.352 e. The van der Waals surface area contributed by atoms with Gasteiger partial charge in [0.05, 0.1) is 12.7 Å². The van der Waals surface area contributed by atoms with Crippen molar-refractivity contribution in [3.63, 3.8) is 0 Å². The Morgan fingerprint density at radius 2 is 1.71 bits per heavy atom. The average Bonchev–Trinajstić information content (AvgIpc) is 2.77. The van der Waals surface area contributed by atoms with Gasteiger partial charge in [-0.3, -0.25) is 14.4 Å². The van der Waals surface area contributed by atoms with Crippen molar-refractivity contribution >= 4 is 23.4 Å². The first-order valence-corrected chi connectivity index (χ1v) is 5.98. The molecule has 0 radical (unpaired) electrons. The molecule has 1 aromatic carbocycles. The highest BCUT2D eigenvalue weighted by molar-refractivity contribution is 6.35. The molecule has 0 spiro atoms. The SMILES string of the molecule is COC(=O)[C@]1(O)C(=O)NC2=C1C(=O)c1ccccc1C2=O. The number of Topliss-reactive ketones (excluding diaryl/α,β-unsaturated/α-hetero) is 2. The van der Waals surface area contributed by atoms with Gasteiger partial charge < -0.3 is 15.2 Å². The van der Waals surface area contributed by atoms with Crippen LogP contribution in [0.5, 0.6) is 0 Å². The Labute approximate surface area is 118 Å². The molecule has 1 atom stereocenters. The van der Waals surface area contributed by atoms with E-state index in [0.29, 0.717) is 0 Å². The van der Waals surface area contributed by atoms with Gasteiger partial charge in [-0.25, -0.2) is 4.79 Å². The maximum absolute atomic E-state index is 12.5. The molecule has 1 aliphatic carbocycles.